The zero-order valence-corrected chi connectivity index (χ0v) is 10.3. The van der Waals surface area contributed by atoms with E-state index in [2.05, 4.69) is 6.92 Å². The molecule has 0 fully saturated rings. The van der Waals surface area contributed by atoms with Crippen molar-refractivity contribution in [3.63, 3.8) is 0 Å². The lowest BCUT2D eigenvalue weighted by Crippen LogP contribution is -2.12. The molecule has 2 aromatic carbocycles. The van der Waals surface area contributed by atoms with Gasteiger partial charge in [-0.05, 0) is 17.5 Å². The molecular weight excluding hydrogens is 224 g/mol. The van der Waals surface area contributed by atoms with Crippen LogP contribution in [0.2, 0.25) is 0 Å². The maximum Gasteiger partial charge on any atom is 0.195 e. The molecule has 0 saturated carbocycles. The van der Waals surface area contributed by atoms with E-state index in [0.717, 1.165) is 6.42 Å². The van der Waals surface area contributed by atoms with Crippen LogP contribution in [-0.2, 0) is 6.42 Å². The third-order valence-corrected chi connectivity index (χ3v) is 3.01. The fraction of sp³-hybridized carbons (Fsp3) is 0.188. The Kier molecular flexibility index (Phi) is 3.90. The van der Waals surface area contributed by atoms with Gasteiger partial charge in [0.25, 0.3) is 0 Å². The number of carbonyl (C=O) groups is 1. The van der Waals surface area contributed by atoms with Gasteiger partial charge in [-0.3, -0.25) is 4.79 Å². The number of Topliss-reactive ketones (excluding diaryl/α,β-unsaturated/α-hetero) is 1. The quantitative estimate of drug-likeness (QED) is 0.833. The number of ketones is 1. The van der Waals surface area contributed by atoms with Crippen LogP contribution in [0, 0.1) is 0 Å². The van der Waals surface area contributed by atoms with Crippen molar-refractivity contribution in [2.75, 3.05) is 0 Å². The minimum absolute atomic E-state index is 0.260. The first-order valence-corrected chi connectivity index (χ1v) is 6.08. The van der Waals surface area contributed by atoms with Gasteiger partial charge in [0, 0.05) is 5.56 Å². The van der Waals surface area contributed by atoms with Crippen LogP contribution in [0.4, 0.5) is 0 Å². The topological polar surface area (TPSA) is 37.3 Å². The Morgan fingerprint density at radius 2 is 1.67 bits per heavy atom. The lowest BCUT2D eigenvalue weighted by Gasteiger charge is -2.10. The molecule has 0 radical (unpaired) electrons. The maximum atomic E-state index is 12.1. The van der Waals surface area contributed by atoms with Gasteiger partial charge in [-0.15, -0.1) is 0 Å². The van der Waals surface area contributed by atoms with Crippen molar-refractivity contribution in [1.29, 1.82) is 0 Å². The van der Waals surface area contributed by atoms with Crippen LogP contribution >= 0.6 is 0 Å². The Labute approximate surface area is 107 Å². The van der Waals surface area contributed by atoms with E-state index in [0.29, 0.717) is 11.1 Å². The van der Waals surface area contributed by atoms with Crippen LogP contribution < -0.4 is 0 Å². The van der Waals surface area contributed by atoms with Crippen molar-refractivity contribution in [3.05, 3.63) is 71.3 Å². The summed E-state index contributed by atoms with van der Waals surface area (Å²) in [6.45, 7) is 2.07. The minimum atomic E-state index is -1.08. The number of carbonyl (C=O) groups excluding carboxylic acids is 1. The summed E-state index contributed by atoms with van der Waals surface area (Å²) in [6, 6.07) is 16.4. The lowest BCUT2D eigenvalue weighted by atomic mass is 9.99. The third-order valence-electron chi connectivity index (χ3n) is 3.01. The molecule has 0 aromatic heterocycles. The molecule has 2 aromatic rings. The zero-order valence-electron chi connectivity index (χ0n) is 10.3. The Balaban J connectivity index is 2.20. The highest BCUT2D eigenvalue weighted by molar-refractivity contribution is 5.99. The Morgan fingerprint density at radius 1 is 1.06 bits per heavy atom. The van der Waals surface area contributed by atoms with Crippen molar-refractivity contribution in [3.8, 4) is 0 Å². The zero-order chi connectivity index (χ0) is 13.0. The summed E-state index contributed by atoms with van der Waals surface area (Å²) in [5.74, 6) is -0.260. The highest BCUT2D eigenvalue weighted by atomic mass is 16.3. The van der Waals surface area contributed by atoms with Crippen molar-refractivity contribution in [2.24, 2.45) is 0 Å². The molecule has 0 saturated heterocycles. The number of hydrogen-bond donors (Lipinski definition) is 1. The van der Waals surface area contributed by atoms with Gasteiger partial charge in [0.2, 0.25) is 0 Å². The second-order valence-corrected chi connectivity index (χ2v) is 4.23. The fourth-order valence-corrected chi connectivity index (χ4v) is 1.85. The highest BCUT2D eigenvalue weighted by Crippen LogP contribution is 2.18. The molecule has 0 bridgehead atoms. The summed E-state index contributed by atoms with van der Waals surface area (Å²) in [5, 5.41) is 10.0. The normalized spacial score (nSPS) is 12.1. The summed E-state index contributed by atoms with van der Waals surface area (Å²) in [4.78, 5) is 12.1. The smallest absolute Gasteiger partial charge is 0.195 e. The standard InChI is InChI=1S/C16H16O2/c1-2-12-8-10-14(11-9-12)16(18)15(17)13-6-4-3-5-7-13/h3-11,15,17H,2H2,1H3. The lowest BCUT2D eigenvalue weighted by molar-refractivity contribution is 0.0747. The summed E-state index contributed by atoms with van der Waals surface area (Å²) in [7, 11) is 0. The van der Waals surface area contributed by atoms with Crippen LogP contribution in [0.1, 0.15) is 34.5 Å². The predicted octanol–water partition coefficient (Wildman–Crippen LogP) is 3.17. The molecule has 1 N–H and O–H groups in total. The van der Waals surface area contributed by atoms with Crippen molar-refractivity contribution >= 4 is 5.78 Å². The molecule has 2 rings (SSSR count). The third kappa shape index (κ3) is 2.66. The first-order valence-electron chi connectivity index (χ1n) is 6.08. The SMILES string of the molecule is CCc1ccc(C(=O)C(O)c2ccccc2)cc1. The average molecular weight is 240 g/mol. The summed E-state index contributed by atoms with van der Waals surface area (Å²) >= 11 is 0. The number of rotatable bonds is 4. The van der Waals surface area contributed by atoms with E-state index in [4.69, 9.17) is 0 Å². The molecule has 0 aliphatic heterocycles. The molecule has 0 aliphatic carbocycles. The molecule has 1 atom stereocenters. The van der Waals surface area contributed by atoms with Gasteiger partial charge >= 0.3 is 0 Å². The van der Waals surface area contributed by atoms with E-state index in [9.17, 15) is 9.90 Å². The largest absolute Gasteiger partial charge is 0.380 e. The molecule has 0 amide bonds. The van der Waals surface area contributed by atoms with E-state index in [1.54, 1.807) is 24.3 Å². The summed E-state index contributed by atoms with van der Waals surface area (Å²) in [6.07, 6.45) is -0.144. The first-order chi connectivity index (χ1) is 8.72. The number of benzene rings is 2. The molecule has 2 nitrogen and oxygen atoms in total. The Morgan fingerprint density at radius 3 is 2.22 bits per heavy atom. The van der Waals surface area contributed by atoms with Crippen molar-refractivity contribution in [2.45, 2.75) is 19.4 Å². The van der Waals surface area contributed by atoms with Crippen molar-refractivity contribution < 1.29 is 9.90 Å². The van der Waals surface area contributed by atoms with Gasteiger partial charge in [-0.2, -0.15) is 0 Å². The first kappa shape index (κ1) is 12.5. The Bertz CT molecular complexity index is 515. The van der Waals surface area contributed by atoms with Crippen molar-refractivity contribution in [1.82, 2.24) is 0 Å². The number of hydrogen-bond acceptors (Lipinski definition) is 2. The molecule has 2 heteroatoms. The van der Waals surface area contributed by atoms with Crippen LogP contribution in [0.15, 0.2) is 54.6 Å². The van der Waals surface area contributed by atoms with E-state index in [1.165, 1.54) is 5.56 Å². The number of aliphatic hydroxyl groups excluding tert-OH is 1. The van der Waals surface area contributed by atoms with Crippen LogP contribution in [0.3, 0.4) is 0 Å². The van der Waals surface area contributed by atoms with Crippen LogP contribution in [0.5, 0.6) is 0 Å². The monoisotopic (exact) mass is 240 g/mol. The number of aryl methyl sites for hydroxylation is 1. The molecule has 0 heterocycles. The second kappa shape index (κ2) is 5.61. The van der Waals surface area contributed by atoms with E-state index in [1.807, 2.05) is 30.3 Å². The minimum Gasteiger partial charge on any atom is -0.380 e. The van der Waals surface area contributed by atoms with Gasteiger partial charge in [0.1, 0.15) is 6.10 Å². The average Bonchev–Trinajstić information content (AvgIpc) is 2.47. The Hall–Kier alpha value is -1.93. The fourth-order valence-electron chi connectivity index (χ4n) is 1.85. The summed E-state index contributed by atoms with van der Waals surface area (Å²) < 4.78 is 0. The second-order valence-electron chi connectivity index (χ2n) is 4.23. The van der Waals surface area contributed by atoms with Gasteiger partial charge < -0.3 is 5.11 Å². The van der Waals surface area contributed by atoms with Crippen LogP contribution in [-0.4, -0.2) is 10.9 Å². The highest BCUT2D eigenvalue weighted by Gasteiger charge is 2.18. The molecule has 0 aliphatic rings. The van der Waals surface area contributed by atoms with Gasteiger partial charge in [0.05, 0.1) is 0 Å². The molecular formula is C16H16O2. The molecule has 0 spiro atoms. The molecule has 18 heavy (non-hydrogen) atoms. The van der Waals surface area contributed by atoms with Gasteiger partial charge in [-0.1, -0.05) is 61.5 Å². The van der Waals surface area contributed by atoms with Crippen LogP contribution in [0.25, 0.3) is 0 Å². The van der Waals surface area contributed by atoms with E-state index < -0.39 is 6.10 Å². The number of aliphatic hydroxyl groups is 1. The van der Waals surface area contributed by atoms with Gasteiger partial charge in [0.15, 0.2) is 5.78 Å². The molecule has 92 valence electrons. The summed E-state index contributed by atoms with van der Waals surface area (Å²) in [5.41, 5.74) is 2.35. The van der Waals surface area contributed by atoms with E-state index in [-0.39, 0.29) is 5.78 Å². The molecule has 1 unspecified atom stereocenters. The maximum absolute atomic E-state index is 12.1. The van der Waals surface area contributed by atoms with E-state index >= 15 is 0 Å². The predicted molar refractivity (Wildman–Crippen MR) is 71.6 cm³/mol. The van der Waals surface area contributed by atoms with Gasteiger partial charge in [-0.25, -0.2) is 0 Å².